The maximum absolute atomic E-state index is 13.5. The van der Waals surface area contributed by atoms with Crippen molar-refractivity contribution in [2.24, 2.45) is 0 Å². The van der Waals surface area contributed by atoms with Crippen LogP contribution in [0.25, 0.3) is 0 Å². The Morgan fingerprint density at radius 2 is 2.21 bits per heavy atom. The highest BCUT2D eigenvalue weighted by molar-refractivity contribution is 14.1. The first-order valence-electron chi connectivity index (χ1n) is 5.09. The van der Waals surface area contributed by atoms with Gasteiger partial charge in [0.2, 0.25) is 0 Å². The first kappa shape index (κ1) is 14.5. The summed E-state index contributed by atoms with van der Waals surface area (Å²) in [4.78, 5) is 11.3. The normalized spacial score (nSPS) is 10.5. The maximum Gasteiger partial charge on any atom is 0.293 e. The smallest absolute Gasteiger partial charge is 0.293 e. The number of hydrogen-bond donors (Lipinski definition) is 1. The van der Waals surface area contributed by atoms with Crippen molar-refractivity contribution in [3.05, 3.63) is 53.0 Å². The quantitative estimate of drug-likeness (QED) is 0.451. The van der Waals surface area contributed by atoms with Gasteiger partial charge >= 0.3 is 0 Å². The van der Waals surface area contributed by atoms with Crippen LogP contribution in [0.2, 0.25) is 4.34 Å². The fraction of sp³-hybridized carbons (Fsp3) is 0.0909. The van der Waals surface area contributed by atoms with Crippen molar-refractivity contribution >= 4 is 56.9 Å². The third-order valence-corrected chi connectivity index (χ3v) is 4.38. The van der Waals surface area contributed by atoms with Gasteiger partial charge in [-0.2, -0.15) is 0 Å². The summed E-state index contributed by atoms with van der Waals surface area (Å²) in [5.74, 6) is -0.488. The summed E-state index contributed by atoms with van der Waals surface area (Å²) in [5.41, 5.74) is 0.0147. The third kappa shape index (κ3) is 3.54. The molecule has 0 aliphatic carbocycles. The Hall–Kier alpha value is -0.930. The van der Waals surface area contributed by atoms with Crippen LogP contribution < -0.4 is 5.32 Å². The highest BCUT2D eigenvalue weighted by atomic mass is 127. The van der Waals surface area contributed by atoms with Gasteiger partial charge in [0.1, 0.15) is 11.5 Å². The molecule has 8 heteroatoms. The van der Waals surface area contributed by atoms with Gasteiger partial charge in [0, 0.05) is 23.6 Å². The Morgan fingerprint density at radius 3 is 2.79 bits per heavy atom. The minimum atomic E-state index is -0.536. The molecule has 2 rings (SSSR count). The molecule has 0 radical (unpaired) electrons. The molecule has 1 N–H and O–H groups in total. The van der Waals surface area contributed by atoms with E-state index in [4.69, 9.17) is 11.6 Å². The number of thiophene rings is 1. The Balaban J connectivity index is 2.23. The van der Waals surface area contributed by atoms with Crippen LogP contribution in [-0.4, -0.2) is 4.92 Å². The minimum absolute atomic E-state index is 0.145. The molecule has 4 nitrogen and oxygen atoms in total. The minimum Gasteiger partial charge on any atom is -0.375 e. The van der Waals surface area contributed by atoms with E-state index in [0.717, 1.165) is 10.9 Å². The van der Waals surface area contributed by atoms with E-state index in [9.17, 15) is 14.5 Å². The van der Waals surface area contributed by atoms with Crippen molar-refractivity contribution < 1.29 is 9.31 Å². The SMILES string of the molecule is O=[N+]([O-])c1cc(I)c(F)cc1NCc1ccc(Cl)s1. The van der Waals surface area contributed by atoms with Gasteiger partial charge in [0.25, 0.3) is 5.69 Å². The molecule has 0 aliphatic rings. The van der Waals surface area contributed by atoms with Gasteiger partial charge in [-0.3, -0.25) is 10.1 Å². The van der Waals surface area contributed by atoms with Crippen LogP contribution in [0.15, 0.2) is 24.3 Å². The standard InChI is InChI=1S/C11H7ClFIN2O2S/c12-11-2-1-6(19-11)5-15-9-3-7(13)8(14)4-10(9)16(17)18/h1-4,15H,5H2. The molecule has 0 aliphatic heterocycles. The lowest BCUT2D eigenvalue weighted by atomic mass is 10.2. The van der Waals surface area contributed by atoms with E-state index in [1.54, 1.807) is 28.7 Å². The van der Waals surface area contributed by atoms with Crippen molar-refractivity contribution in [2.45, 2.75) is 6.54 Å². The van der Waals surface area contributed by atoms with Crippen molar-refractivity contribution in [2.75, 3.05) is 5.32 Å². The fourth-order valence-electron chi connectivity index (χ4n) is 1.46. The second-order valence-electron chi connectivity index (χ2n) is 3.60. The van der Waals surface area contributed by atoms with Gasteiger partial charge in [-0.25, -0.2) is 4.39 Å². The van der Waals surface area contributed by atoms with Gasteiger partial charge < -0.3 is 5.32 Å². The van der Waals surface area contributed by atoms with Crippen LogP contribution in [0.5, 0.6) is 0 Å². The Labute approximate surface area is 130 Å². The number of halogens is 3. The summed E-state index contributed by atoms with van der Waals surface area (Å²) >= 11 is 8.88. The monoisotopic (exact) mass is 412 g/mol. The van der Waals surface area contributed by atoms with Gasteiger partial charge in [-0.05, 0) is 34.7 Å². The van der Waals surface area contributed by atoms with E-state index in [-0.39, 0.29) is 14.9 Å². The van der Waals surface area contributed by atoms with Crippen LogP contribution in [0, 0.1) is 19.5 Å². The summed E-state index contributed by atoms with van der Waals surface area (Å²) in [6.07, 6.45) is 0. The van der Waals surface area contributed by atoms with Crippen molar-refractivity contribution in [3.63, 3.8) is 0 Å². The van der Waals surface area contributed by atoms with Crippen LogP contribution in [0.4, 0.5) is 15.8 Å². The number of benzene rings is 1. The highest BCUT2D eigenvalue weighted by Crippen LogP contribution is 2.30. The number of nitro groups is 1. The topological polar surface area (TPSA) is 55.2 Å². The summed E-state index contributed by atoms with van der Waals surface area (Å²) < 4.78 is 14.3. The lowest BCUT2D eigenvalue weighted by molar-refractivity contribution is -0.384. The van der Waals surface area contributed by atoms with Gasteiger partial charge in [-0.1, -0.05) is 11.6 Å². The summed E-state index contributed by atoms with van der Waals surface area (Å²) in [6.45, 7) is 0.359. The first-order chi connectivity index (χ1) is 8.97. The molecule has 100 valence electrons. The number of anilines is 1. The summed E-state index contributed by atoms with van der Waals surface area (Å²) in [7, 11) is 0. The van der Waals surface area contributed by atoms with Gasteiger partial charge in [0.05, 0.1) is 12.8 Å². The van der Waals surface area contributed by atoms with Crippen molar-refractivity contribution in [3.8, 4) is 0 Å². The first-order valence-corrected chi connectivity index (χ1v) is 7.36. The number of nitro benzene ring substituents is 1. The predicted octanol–water partition coefficient (Wildman–Crippen LogP) is 4.67. The second-order valence-corrected chi connectivity index (χ2v) is 6.56. The molecular weight excluding hydrogens is 406 g/mol. The number of rotatable bonds is 4. The van der Waals surface area contributed by atoms with Crippen LogP contribution in [0.1, 0.15) is 4.88 Å². The van der Waals surface area contributed by atoms with E-state index in [2.05, 4.69) is 5.32 Å². The predicted molar refractivity (Wildman–Crippen MR) is 82.4 cm³/mol. The van der Waals surface area contributed by atoms with Crippen molar-refractivity contribution in [1.29, 1.82) is 0 Å². The molecule has 0 bridgehead atoms. The fourth-order valence-corrected chi connectivity index (χ4v) is 2.94. The van der Waals surface area contributed by atoms with Crippen LogP contribution in [-0.2, 0) is 6.54 Å². The second kappa shape index (κ2) is 6.02. The molecule has 1 aromatic heterocycles. The number of nitrogens with zero attached hydrogens (tertiary/aromatic N) is 1. The molecule has 19 heavy (non-hydrogen) atoms. The van der Waals surface area contributed by atoms with E-state index >= 15 is 0 Å². The van der Waals surface area contributed by atoms with E-state index in [1.807, 2.05) is 6.07 Å². The molecule has 1 aromatic carbocycles. The van der Waals surface area contributed by atoms with Gasteiger partial charge in [0.15, 0.2) is 0 Å². The van der Waals surface area contributed by atoms with Crippen LogP contribution >= 0.6 is 45.5 Å². The average molecular weight is 413 g/mol. The highest BCUT2D eigenvalue weighted by Gasteiger charge is 2.17. The van der Waals surface area contributed by atoms with E-state index < -0.39 is 10.7 Å². The molecule has 0 fully saturated rings. The third-order valence-electron chi connectivity index (χ3n) is 2.32. The largest absolute Gasteiger partial charge is 0.375 e. The van der Waals surface area contributed by atoms with Gasteiger partial charge in [-0.15, -0.1) is 11.3 Å². The zero-order valence-corrected chi connectivity index (χ0v) is 13.1. The molecule has 1 heterocycles. The van der Waals surface area contributed by atoms with Crippen LogP contribution in [0.3, 0.4) is 0 Å². The van der Waals surface area contributed by atoms with E-state index in [0.29, 0.717) is 10.9 Å². The molecule has 0 saturated carbocycles. The number of nitrogens with one attached hydrogen (secondary N) is 1. The lowest BCUT2D eigenvalue weighted by Gasteiger charge is -2.07. The van der Waals surface area contributed by atoms with Crippen molar-refractivity contribution in [1.82, 2.24) is 0 Å². The zero-order chi connectivity index (χ0) is 14.0. The molecule has 0 saturated heterocycles. The maximum atomic E-state index is 13.5. The summed E-state index contributed by atoms with van der Waals surface area (Å²) in [6, 6.07) is 5.90. The molecule has 0 amide bonds. The lowest BCUT2D eigenvalue weighted by Crippen LogP contribution is -2.03. The Kier molecular flexibility index (Phi) is 4.58. The molecule has 2 aromatic rings. The molecule has 0 spiro atoms. The Bertz CT molecular complexity index is 635. The molecule has 0 atom stereocenters. The van der Waals surface area contributed by atoms with E-state index in [1.165, 1.54) is 17.4 Å². The Morgan fingerprint density at radius 1 is 1.47 bits per heavy atom. The number of hydrogen-bond acceptors (Lipinski definition) is 4. The molecular formula is C11H7ClFIN2O2S. The average Bonchev–Trinajstić information content (AvgIpc) is 2.76. The zero-order valence-electron chi connectivity index (χ0n) is 9.32. The molecule has 0 unspecified atom stereocenters. The summed E-state index contributed by atoms with van der Waals surface area (Å²) in [5, 5.41) is 13.8.